The number of carbonyl (C=O) groups excluding carboxylic acids is 1. The molecule has 0 radical (unpaired) electrons. The van der Waals surface area contributed by atoms with Crippen molar-refractivity contribution in [2.75, 3.05) is 13.2 Å². The number of hydrogen-bond acceptors (Lipinski definition) is 7. The van der Waals surface area contributed by atoms with Crippen molar-refractivity contribution in [2.45, 2.75) is 46.8 Å². The van der Waals surface area contributed by atoms with Crippen molar-refractivity contribution in [3.63, 3.8) is 0 Å². The molecule has 4 aromatic rings. The van der Waals surface area contributed by atoms with E-state index in [1.165, 1.54) is 11.3 Å². The third kappa shape index (κ3) is 6.99. The number of allylic oxidation sites excluding steroid dienone is 2. The molecule has 0 amide bonds. The number of benzene rings is 3. The quantitative estimate of drug-likeness (QED) is 0.125. The lowest BCUT2D eigenvalue weighted by molar-refractivity contribution is -0.139. The van der Waals surface area contributed by atoms with Crippen LogP contribution in [0.15, 0.2) is 88.3 Å². The standard InChI is InChI=1S/C36H34Cl2N2O5S/c1-6-9-26-16-24(18-29(43-7-2)33(26)45-20-23-12-15-27(37)28(38)17-23)19-30-34(41)40-32(25-13-10-21(4)11-14-25)31(35(42)44-8-3)22(5)39-36(40)46-30/h6,10-19,32H,1,7-9,20H2,2-5H3/b30-19+/t32-/m0/s1. The fourth-order valence-electron chi connectivity index (χ4n) is 5.29. The predicted molar refractivity (Wildman–Crippen MR) is 184 cm³/mol. The van der Waals surface area contributed by atoms with E-state index in [1.807, 2.05) is 62.4 Å². The number of ether oxygens (including phenoxy) is 3. The van der Waals surface area contributed by atoms with Crippen LogP contribution in [0.4, 0.5) is 0 Å². The average molecular weight is 678 g/mol. The number of esters is 1. The number of halogens is 2. The Kier molecular flexibility index (Phi) is 10.5. The van der Waals surface area contributed by atoms with E-state index in [-0.39, 0.29) is 18.8 Å². The Morgan fingerprint density at radius 1 is 1.02 bits per heavy atom. The number of rotatable bonds is 11. The van der Waals surface area contributed by atoms with E-state index in [1.54, 1.807) is 36.6 Å². The van der Waals surface area contributed by atoms with Gasteiger partial charge in [0.2, 0.25) is 0 Å². The van der Waals surface area contributed by atoms with Gasteiger partial charge in [0.15, 0.2) is 16.3 Å². The molecule has 10 heteroatoms. The smallest absolute Gasteiger partial charge is 0.338 e. The van der Waals surface area contributed by atoms with Crippen LogP contribution in [0.5, 0.6) is 11.5 Å². The molecule has 0 bridgehead atoms. The molecule has 1 aliphatic heterocycles. The zero-order chi connectivity index (χ0) is 33.0. The van der Waals surface area contributed by atoms with E-state index in [0.717, 1.165) is 27.8 Å². The molecule has 0 aliphatic carbocycles. The summed E-state index contributed by atoms with van der Waals surface area (Å²) in [4.78, 5) is 32.5. The van der Waals surface area contributed by atoms with Crippen LogP contribution in [0, 0.1) is 6.92 Å². The van der Waals surface area contributed by atoms with Gasteiger partial charge >= 0.3 is 5.97 Å². The maximum atomic E-state index is 14.1. The summed E-state index contributed by atoms with van der Waals surface area (Å²) in [5, 5.41) is 0.921. The molecule has 0 N–H and O–H groups in total. The first-order chi connectivity index (χ1) is 22.1. The van der Waals surface area contributed by atoms with Crippen molar-refractivity contribution in [1.29, 1.82) is 0 Å². The molecule has 0 fully saturated rings. The summed E-state index contributed by atoms with van der Waals surface area (Å²) in [6.07, 6.45) is 4.11. The van der Waals surface area contributed by atoms with Crippen LogP contribution in [0.2, 0.25) is 10.0 Å². The summed E-state index contributed by atoms with van der Waals surface area (Å²) in [7, 11) is 0. The molecule has 0 spiro atoms. The van der Waals surface area contributed by atoms with E-state index in [9.17, 15) is 9.59 Å². The molecule has 1 atom stereocenters. The van der Waals surface area contributed by atoms with E-state index in [2.05, 4.69) is 11.6 Å². The fraction of sp³-hybridized carbons (Fsp3) is 0.250. The average Bonchev–Trinajstić information content (AvgIpc) is 3.32. The third-order valence-electron chi connectivity index (χ3n) is 7.39. The molecule has 2 heterocycles. The van der Waals surface area contributed by atoms with Gasteiger partial charge < -0.3 is 14.2 Å². The first kappa shape index (κ1) is 33.3. The molecule has 1 aliphatic rings. The van der Waals surface area contributed by atoms with Gasteiger partial charge in [-0.1, -0.05) is 76.5 Å². The highest BCUT2D eigenvalue weighted by molar-refractivity contribution is 7.07. The van der Waals surface area contributed by atoms with E-state index < -0.39 is 12.0 Å². The number of carbonyl (C=O) groups is 1. The van der Waals surface area contributed by atoms with Crippen LogP contribution in [-0.2, 0) is 22.6 Å². The molecule has 5 rings (SSSR count). The van der Waals surface area contributed by atoms with Gasteiger partial charge in [-0.15, -0.1) is 6.58 Å². The van der Waals surface area contributed by atoms with Gasteiger partial charge in [-0.2, -0.15) is 0 Å². The number of fused-ring (bicyclic) bond motifs is 1. The van der Waals surface area contributed by atoms with Crippen LogP contribution < -0.4 is 24.4 Å². The number of thiazole rings is 1. The van der Waals surface area contributed by atoms with Gasteiger partial charge in [0.05, 0.1) is 45.1 Å². The lowest BCUT2D eigenvalue weighted by atomic mass is 9.95. The first-order valence-electron chi connectivity index (χ1n) is 14.9. The van der Waals surface area contributed by atoms with Crippen LogP contribution in [-0.4, -0.2) is 23.8 Å². The second-order valence-corrected chi connectivity index (χ2v) is 12.5. The van der Waals surface area contributed by atoms with Gasteiger partial charge in [0.1, 0.15) is 6.61 Å². The summed E-state index contributed by atoms with van der Waals surface area (Å²) >= 11 is 13.6. The molecule has 0 saturated heterocycles. The van der Waals surface area contributed by atoms with Crippen LogP contribution in [0.1, 0.15) is 54.6 Å². The fourth-order valence-corrected chi connectivity index (χ4v) is 6.66. The lowest BCUT2D eigenvalue weighted by Crippen LogP contribution is -2.39. The molecular formula is C36H34Cl2N2O5S. The van der Waals surface area contributed by atoms with Crippen molar-refractivity contribution in [3.8, 4) is 11.5 Å². The van der Waals surface area contributed by atoms with Gasteiger partial charge in [0.25, 0.3) is 5.56 Å². The van der Waals surface area contributed by atoms with Gasteiger partial charge in [-0.25, -0.2) is 9.79 Å². The Morgan fingerprint density at radius 2 is 1.78 bits per heavy atom. The van der Waals surface area contributed by atoms with Crippen LogP contribution in [0.3, 0.4) is 0 Å². The first-order valence-corrected chi connectivity index (χ1v) is 16.5. The van der Waals surface area contributed by atoms with Crippen molar-refractivity contribution >= 4 is 46.6 Å². The minimum absolute atomic E-state index is 0.211. The molecule has 3 aromatic carbocycles. The Morgan fingerprint density at radius 3 is 2.46 bits per heavy atom. The largest absolute Gasteiger partial charge is 0.490 e. The number of aromatic nitrogens is 1. The topological polar surface area (TPSA) is 79.1 Å². The molecular weight excluding hydrogens is 643 g/mol. The Balaban J connectivity index is 1.61. The van der Waals surface area contributed by atoms with Crippen molar-refractivity contribution < 1.29 is 19.0 Å². The van der Waals surface area contributed by atoms with Gasteiger partial charge in [-0.05, 0) is 81.1 Å². The van der Waals surface area contributed by atoms with Crippen LogP contribution >= 0.6 is 34.5 Å². The second-order valence-electron chi connectivity index (χ2n) is 10.7. The van der Waals surface area contributed by atoms with Crippen molar-refractivity contribution in [2.24, 2.45) is 4.99 Å². The maximum absolute atomic E-state index is 14.1. The molecule has 1 aromatic heterocycles. The highest BCUT2D eigenvalue weighted by Crippen LogP contribution is 2.36. The van der Waals surface area contributed by atoms with Crippen molar-refractivity contribution in [1.82, 2.24) is 4.57 Å². The van der Waals surface area contributed by atoms with E-state index in [0.29, 0.717) is 55.2 Å². The monoisotopic (exact) mass is 676 g/mol. The van der Waals surface area contributed by atoms with Crippen molar-refractivity contribution in [3.05, 3.63) is 136 Å². The summed E-state index contributed by atoms with van der Waals surface area (Å²) in [5.41, 5.74) is 4.93. The van der Waals surface area contributed by atoms with Gasteiger partial charge in [0, 0.05) is 5.56 Å². The predicted octanol–water partition coefficient (Wildman–Crippen LogP) is 7.12. The zero-order valence-electron chi connectivity index (χ0n) is 26.1. The van der Waals surface area contributed by atoms with Crippen LogP contribution in [0.25, 0.3) is 6.08 Å². The Hall–Kier alpha value is -4.11. The second kappa shape index (κ2) is 14.5. The molecule has 7 nitrogen and oxygen atoms in total. The normalized spacial score (nSPS) is 14.5. The zero-order valence-corrected chi connectivity index (χ0v) is 28.4. The minimum Gasteiger partial charge on any atom is -0.490 e. The Bertz CT molecular complexity index is 2010. The lowest BCUT2D eigenvalue weighted by Gasteiger charge is -2.24. The number of nitrogens with zero attached hydrogens (tertiary/aromatic N) is 2. The summed E-state index contributed by atoms with van der Waals surface area (Å²) in [6.45, 7) is 12.2. The third-order valence-corrected chi connectivity index (χ3v) is 9.12. The summed E-state index contributed by atoms with van der Waals surface area (Å²) < 4.78 is 19.7. The minimum atomic E-state index is -0.675. The molecule has 0 saturated carbocycles. The van der Waals surface area contributed by atoms with Gasteiger partial charge in [-0.3, -0.25) is 9.36 Å². The highest BCUT2D eigenvalue weighted by atomic mass is 35.5. The number of aryl methyl sites for hydroxylation is 1. The maximum Gasteiger partial charge on any atom is 0.338 e. The highest BCUT2D eigenvalue weighted by Gasteiger charge is 2.33. The Labute approximate surface area is 281 Å². The molecule has 238 valence electrons. The SMILES string of the molecule is C=CCc1cc(/C=c2/sc3n(c2=O)[C@@H](c2ccc(C)cc2)C(C(=O)OCC)=C(C)N=3)cc(OCC)c1OCc1ccc(Cl)c(Cl)c1. The van der Waals surface area contributed by atoms with E-state index in [4.69, 9.17) is 37.4 Å². The number of hydrogen-bond donors (Lipinski definition) is 0. The molecule has 0 unspecified atom stereocenters. The summed E-state index contributed by atoms with van der Waals surface area (Å²) in [6, 6.07) is 16.3. The van der Waals surface area contributed by atoms with E-state index >= 15 is 0 Å². The summed E-state index contributed by atoms with van der Waals surface area (Å²) in [5.74, 6) is 0.634. The molecule has 46 heavy (non-hydrogen) atoms.